The van der Waals surface area contributed by atoms with E-state index in [2.05, 4.69) is 15.9 Å². The van der Waals surface area contributed by atoms with Crippen LogP contribution in [0.15, 0.2) is 28.7 Å². The van der Waals surface area contributed by atoms with Crippen molar-refractivity contribution in [2.45, 2.75) is 18.6 Å². The van der Waals surface area contributed by atoms with Crippen molar-refractivity contribution in [3.63, 3.8) is 0 Å². The van der Waals surface area contributed by atoms with Crippen LogP contribution in [0.5, 0.6) is 28.7 Å². The highest BCUT2D eigenvalue weighted by Crippen LogP contribution is 2.47. The topological polar surface area (TPSA) is 110 Å². The van der Waals surface area contributed by atoms with Crippen molar-refractivity contribution in [1.29, 1.82) is 0 Å². The van der Waals surface area contributed by atoms with E-state index in [9.17, 15) is 25.5 Å². The maximum atomic E-state index is 10.3. The fraction of sp³-hybridized carbons (Fsp3) is 0.200. The van der Waals surface area contributed by atoms with Gasteiger partial charge in [-0.05, 0) is 33.6 Å². The lowest BCUT2D eigenvalue weighted by Crippen LogP contribution is -2.30. The minimum atomic E-state index is -0.959. The Bertz CT molecular complexity index is 745. The number of hydrogen-bond donors (Lipinski definition) is 5. The molecule has 2 atom stereocenters. The first kappa shape index (κ1) is 14.8. The summed E-state index contributed by atoms with van der Waals surface area (Å²) in [7, 11) is 0. The molecule has 116 valence electrons. The second-order valence-corrected chi connectivity index (χ2v) is 5.89. The number of halogens is 1. The first-order valence-corrected chi connectivity index (χ1v) is 7.27. The number of phenolic OH excluding ortho intramolecular Hbond substituents is 4. The van der Waals surface area contributed by atoms with Crippen molar-refractivity contribution in [3.8, 4) is 28.7 Å². The molecule has 1 heterocycles. The van der Waals surface area contributed by atoms with Gasteiger partial charge in [0.25, 0.3) is 0 Å². The molecular weight excluding hydrogens is 356 g/mol. The fourth-order valence-corrected chi connectivity index (χ4v) is 2.84. The summed E-state index contributed by atoms with van der Waals surface area (Å²) >= 11 is 3.06. The standard InChI is InChI=1S/C15H13BrO6/c16-13-10(19)5-12-7(14(13)21)4-11(20)15(22-12)6-1-2-8(17)9(18)3-6/h1-3,5,11,15,17-21H,4H2/t11-,15+/m0/s1. The van der Waals surface area contributed by atoms with E-state index in [1.165, 1.54) is 24.3 Å². The van der Waals surface area contributed by atoms with Gasteiger partial charge in [-0.3, -0.25) is 0 Å². The molecule has 2 aromatic carbocycles. The molecule has 0 saturated carbocycles. The van der Waals surface area contributed by atoms with Gasteiger partial charge in [0.2, 0.25) is 0 Å². The van der Waals surface area contributed by atoms with E-state index < -0.39 is 12.2 Å². The molecule has 1 aliphatic heterocycles. The maximum absolute atomic E-state index is 10.3. The largest absolute Gasteiger partial charge is 0.506 e. The lowest BCUT2D eigenvalue weighted by Gasteiger charge is -2.31. The quantitative estimate of drug-likeness (QED) is 0.494. The van der Waals surface area contributed by atoms with Crippen molar-refractivity contribution >= 4 is 15.9 Å². The summed E-state index contributed by atoms with van der Waals surface area (Å²) in [5, 5.41) is 48.9. The number of phenols is 4. The van der Waals surface area contributed by atoms with Crippen LogP contribution in [0.1, 0.15) is 17.2 Å². The molecular formula is C15H13BrO6. The van der Waals surface area contributed by atoms with E-state index in [4.69, 9.17) is 4.74 Å². The van der Waals surface area contributed by atoms with Gasteiger partial charge in [0.05, 0.1) is 6.10 Å². The molecule has 0 bridgehead atoms. The molecule has 2 aromatic rings. The molecule has 0 unspecified atom stereocenters. The van der Waals surface area contributed by atoms with Crippen LogP contribution < -0.4 is 4.74 Å². The van der Waals surface area contributed by atoms with E-state index in [1.54, 1.807) is 0 Å². The number of aliphatic hydroxyl groups excluding tert-OH is 1. The third kappa shape index (κ3) is 2.32. The number of rotatable bonds is 1. The summed E-state index contributed by atoms with van der Waals surface area (Å²) < 4.78 is 5.80. The van der Waals surface area contributed by atoms with Crippen molar-refractivity contribution < 1.29 is 30.3 Å². The van der Waals surface area contributed by atoms with Crippen LogP contribution in [0.25, 0.3) is 0 Å². The number of aromatic hydroxyl groups is 4. The highest BCUT2D eigenvalue weighted by atomic mass is 79.9. The van der Waals surface area contributed by atoms with Gasteiger partial charge >= 0.3 is 0 Å². The average Bonchev–Trinajstić information content (AvgIpc) is 2.48. The average molecular weight is 369 g/mol. The second-order valence-electron chi connectivity index (χ2n) is 5.09. The SMILES string of the molecule is Oc1ccc([C@H]2Oc3cc(O)c(Br)c(O)c3C[C@@H]2O)cc1O. The molecule has 5 N–H and O–H groups in total. The van der Waals surface area contributed by atoms with Crippen LogP contribution in [-0.2, 0) is 6.42 Å². The monoisotopic (exact) mass is 368 g/mol. The van der Waals surface area contributed by atoms with Gasteiger partial charge in [-0.25, -0.2) is 0 Å². The summed E-state index contributed by atoms with van der Waals surface area (Å²) in [4.78, 5) is 0. The summed E-state index contributed by atoms with van der Waals surface area (Å²) in [5.74, 6) is -0.698. The Morgan fingerprint density at radius 3 is 2.41 bits per heavy atom. The number of ether oxygens (including phenoxy) is 1. The van der Waals surface area contributed by atoms with E-state index in [-0.39, 0.29) is 39.6 Å². The normalized spacial score (nSPS) is 20.3. The Kier molecular flexibility index (Phi) is 3.54. The molecule has 22 heavy (non-hydrogen) atoms. The Labute approximate surface area is 134 Å². The first-order chi connectivity index (χ1) is 10.4. The zero-order valence-corrected chi connectivity index (χ0v) is 12.8. The highest BCUT2D eigenvalue weighted by Gasteiger charge is 2.33. The van der Waals surface area contributed by atoms with Gasteiger partial charge in [0.15, 0.2) is 11.5 Å². The van der Waals surface area contributed by atoms with Crippen LogP contribution in [-0.4, -0.2) is 31.6 Å². The van der Waals surface area contributed by atoms with Gasteiger partial charge in [0, 0.05) is 18.1 Å². The van der Waals surface area contributed by atoms with E-state index in [1.807, 2.05) is 0 Å². The lowest BCUT2D eigenvalue weighted by atomic mass is 9.94. The van der Waals surface area contributed by atoms with Gasteiger partial charge in [-0.15, -0.1) is 0 Å². The van der Waals surface area contributed by atoms with Gasteiger partial charge in [-0.2, -0.15) is 0 Å². The molecule has 7 heteroatoms. The molecule has 0 radical (unpaired) electrons. The van der Waals surface area contributed by atoms with Crippen molar-refractivity contribution in [2.75, 3.05) is 0 Å². The van der Waals surface area contributed by atoms with Gasteiger partial charge in [0.1, 0.15) is 27.8 Å². The summed E-state index contributed by atoms with van der Waals surface area (Å²) in [6, 6.07) is 5.46. The summed E-state index contributed by atoms with van der Waals surface area (Å²) in [6.07, 6.45) is -1.63. The van der Waals surface area contributed by atoms with Gasteiger partial charge < -0.3 is 30.3 Å². The first-order valence-electron chi connectivity index (χ1n) is 6.48. The Morgan fingerprint density at radius 1 is 1.00 bits per heavy atom. The number of hydrogen-bond acceptors (Lipinski definition) is 6. The Hall–Kier alpha value is -2.12. The lowest BCUT2D eigenvalue weighted by molar-refractivity contribution is 0.0196. The zero-order valence-electron chi connectivity index (χ0n) is 11.2. The van der Waals surface area contributed by atoms with Gasteiger partial charge in [-0.1, -0.05) is 6.07 Å². The Morgan fingerprint density at radius 2 is 1.73 bits per heavy atom. The minimum absolute atomic E-state index is 0.117. The predicted octanol–water partition coefficient (Wildman–Crippen LogP) is 2.31. The van der Waals surface area contributed by atoms with Crippen molar-refractivity contribution in [3.05, 3.63) is 39.9 Å². The zero-order chi connectivity index (χ0) is 16.0. The van der Waals surface area contributed by atoms with Crippen molar-refractivity contribution in [1.82, 2.24) is 0 Å². The highest BCUT2D eigenvalue weighted by molar-refractivity contribution is 9.10. The van der Waals surface area contributed by atoms with E-state index in [0.717, 1.165) is 0 Å². The summed E-state index contributed by atoms with van der Waals surface area (Å²) in [6.45, 7) is 0. The molecule has 3 rings (SSSR count). The van der Waals surface area contributed by atoms with Crippen LogP contribution >= 0.6 is 15.9 Å². The molecule has 0 amide bonds. The van der Waals surface area contributed by atoms with E-state index in [0.29, 0.717) is 11.1 Å². The molecule has 0 spiro atoms. The van der Waals surface area contributed by atoms with Crippen LogP contribution in [0.4, 0.5) is 0 Å². The molecule has 0 aromatic heterocycles. The fourth-order valence-electron chi connectivity index (χ4n) is 2.49. The smallest absolute Gasteiger partial charge is 0.157 e. The molecule has 0 aliphatic carbocycles. The predicted molar refractivity (Wildman–Crippen MR) is 80.3 cm³/mol. The number of benzene rings is 2. The molecule has 1 aliphatic rings. The molecule has 0 saturated heterocycles. The van der Waals surface area contributed by atoms with Crippen LogP contribution in [0, 0.1) is 0 Å². The third-order valence-corrected chi connectivity index (χ3v) is 4.41. The van der Waals surface area contributed by atoms with E-state index >= 15 is 0 Å². The van der Waals surface area contributed by atoms with Crippen LogP contribution in [0.2, 0.25) is 0 Å². The maximum Gasteiger partial charge on any atom is 0.157 e. The summed E-state index contributed by atoms with van der Waals surface area (Å²) in [5.41, 5.74) is 0.853. The third-order valence-electron chi connectivity index (χ3n) is 3.63. The molecule has 6 nitrogen and oxygen atoms in total. The number of aliphatic hydroxyl groups is 1. The van der Waals surface area contributed by atoms with Crippen LogP contribution in [0.3, 0.4) is 0 Å². The second kappa shape index (κ2) is 5.26. The number of fused-ring (bicyclic) bond motifs is 1. The molecule has 0 fully saturated rings. The van der Waals surface area contributed by atoms with Crippen molar-refractivity contribution in [2.24, 2.45) is 0 Å². The minimum Gasteiger partial charge on any atom is -0.506 e. The Balaban J connectivity index is 2.02.